The van der Waals surface area contributed by atoms with E-state index in [4.69, 9.17) is 26.8 Å². The Labute approximate surface area is 347 Å². The molecule has 294 valence electrons. The van der Waals surface area contributed by atoms with Gasteiger partial charge in [-0.2, -0.15) is 0 Å². The van der Waals surface area contributed by atoms with Crippen molar-refractivity contribution in [3.05, 3.63) is 162 Å². The fourth-order valence-corrected chi connectivity index (χ4v) is 7.87. The minimum Gasteiger partial charge on any atom is -0.370 e. The van der Waals surface area contributed by atoms with E-state index in [2.05, 4.69) is 118 Å². The molecule has 5 heterocycles. The number of hydrogen-bond donors (Lipinski definition) is 7. The molecule has 0 saturated carbocycles. The third-order valence-electron chi connectivity index (χ3n) is 10.7. The van der Waals surface area contributed by atoms with E-state index in [-0.39, 0.29) is 11.9 Å². The Hall–Kier alpha value is -7.82. The molecule has 1 amide bonds. The predicted octanol–water partition coefficient (Wildman–Crippen LogP) is 9.85. The number of nitrogens with two attached hydrogens (primary N) is 2. The number of fused-ring (bicyclic) bond motifs is 8. The van der Waals surface area contributed by atoms with Crippen LogP contribution in [0.5, 0.6) is 0 Å². The molecule has 10 heteroatoms. The van der Waals surface area contributed by atoms with E-state index in [9.17, 15) is 4.79 Å². The number of anilines is 1. The molecule has 0 radical (unpaired) electrons. The minimum absolute atomic E-state index is 0.106. The molecular formula is C50H43N9O. The third kappa shape index (κ3) is 7.75. The molecule has 2 aliphatic heterocycles. The highest BCUT2D eigenvalue weighted by Crippen LogP contribution is 2.38. The maximum absolute atomic E-state index is 13.0. The number of aromatic amines is 2. The summed E-state index contributed by atoms with van der Waals surface area (Å²) in [4.78, 5) is 31.3. The molecule has 0 fully saturated rings. The number of nitrogens with one attached hydrogen (secondary N) is 5. The van der Waals surface area contributed by atoms with Crippen LogP contribution in [0.15, 0.2) is 140 Å². The summed E-state index contributed by atoms with van der Waals surface area (Å²) in [5, 5.41) is 13.0. The molecule has 60 heavy (non-hydrogen) atoms. The molecule has 10 nitrogen and oxygen atoms in total. The van der Waals surface area contributed by atoms with Crippen LogP contribution in [-0.2, 0) is 4.79 Å². The Morgan fingerprint density at radius 2 is 0.917 bits per heavy atom. The van der Waals surface area contributed by atoms with Gasteiger partial charge in [0.25, 0.3) is 0 Å². The summed E-state index contributed by atoms with van der Waals surface area (Å²) in [7, 11) is 0. The van der Waals surface area contributed by atoms with Crippen LogP contribution in [0.3, 0.4) is 0 Å². The van der Waals surface area contributed by atoms with Crippen LogP contribution < -0.4 is 22.1 Å². The number of H-pyrrole nitrogens is 2. The second-order valence-electron chi connectivity index (χ2n) is 14.8. The van der Waals surface area contributed by atoms with Gasteiger partial charge in [0, 0.05) is 56.6 Å². The fraction of sp³-hybridized carbons (Fsp3) is 0.0800. The molecule has 0 saturated heterocycles. The molecule has 3 aromatic heterocycles. The van der Waals surface area contributed by atoms with Gasteiger partial charge in [-0.15, -0.1) is 0 Å². The van der Waals surface area contributed by atoms with Crippen LogP contribution in [-0.4, -0.2) is 44.4 Å². The summed E-state index contributed by atoms with van der Waals surface area (Å²) in [5.74, 6) is -0.386. The summed E-state index contributed by atoms with van der Waals surface area (Å²) >= 11 is 0. The van der Waals surface area contributed by atoms with Crippen molar-refractivity contribution in [2.75, 3.05) is 11.9 Å². The standard InChI is InChI=1S/C50H43N9O/c51-36(17-10-30-54-50(52)53)49(60)55-35-20-18-34(19-21-35)48-43-28-26-41(58-43)46(32-13-6-2-7-14-32)39-24-22-37(56-39)45(31-11-4-1-5-12-31)38-23-25-40(57-38)47(33-15-8-3-9-16-33)42-27-29-44(48)59-42/h1-9,11-16,18-29,36,56,59H,10,17,30,51H2,(H,55,60)(H4,52,53,54)/t36-/m0/s1. The summed E-state index contributed by atoms with van der Waals surface area (Å²) in [6.07, 6.45) is 9.40. The number of hydrogen-bond acceptors (Lipinski definition) is 5. The summed E-state index contributed by atoms with van der Waals surface area (Å²) in [6.45, 7) is 0.473. The van der Waals surface area contributed by atoms with Gasteiger partial charge in [-0.3, -0.25) is 10.2 Å². The zero-order valence-electron chi connectivity index (χ0n) is 32.7. The van der Waals surface area contributed by atoms with E-state index in [1.54, 1.807) is 0 Å². The average Bonchev–Trinajstić information content (AvgIpc) is 4.12. The van der Waals surface area contributed by atoms with Crippen LogP contribution in [0.1, 0.15) is 35.6 Å². The molecule has 4 aromatic carbocycles. The summed E-state index contributed by atoms with van der Waals surface area (Å²) in [6, 6.07) is 46.6. The van der Waals surface area contributed by atoms with Gasteiger partial charge in [-0.05, 0) is 95.8 Å². The van der Waals surface area contributed by atoms with Gasteiger partial charge >= 0.3 is 0 Å². The molecule has 9 rings (SSSR count). The van der Waals surface area contributed by atoms with Crippen molar-refractivity contribution in [3.8, 4) is 44.5 Å². The van der Waals surface area contributed by atoms with E-state index in [1.165, 1.54) is 0 Å². The van der Waals surface area contributed by atoms with Gasteiger partial charge in [0.15, 0.2) is 5.96 Å². The zero-order valence-corrected chi connectivity index (χ0v) is 32.7. The van der Waals surface area contributed by atoms with Crippen LogP contribution >= 0.6 is 0 Å². The van der Waals surface area contributed by atoms with E-state index in [0.717, 1.165) is 89.4 Å². The topological polar surface area (TPSA) is 174 Å². The van der Waals surface area contributed by atoms with Crippen LogP contribution in [0, 0.1) is 5.41 Å². The van der Waals surface area contributed by atoms with Crippen molar-refractivity contribution in [1.29, 1.82) is 5.41 Å². The van der Waals surface area contributed by atoms with Crippen LogP contribution in [0.2, 0.25) is 0 Å². The quantitative estimate of drug-likeness (QED) is 0.0413. The Balaban J connectivity index is 1.26. The number of carbonyl (C=O) groups excluding carboxylic acids is 1. The van der Waals surface area contributed by atoms with Gasteiger partial charge in [0.1, 0.15) is 0 Å². The lowest BCUT2D eigenvalue weighted by Crippen LogP contribution is -2.37. The summed E-state index contributed by atoms with van der Waals surface area (Å²) < 4.78 is 0. The van der Waals surface area contributed by atoms with Crippen molar-refractivity contribution >= 4 is 63.9 Å². The SMILES string of the molecule is N=C(N)NCCC[C@H](N)C(=O)Nc1ccc(-c2c3nc(c(-c4ccccc4)c4ccc([nH]4)c(-c4ccccc4)c4nc(c(-c5ccccc5)c5ccc2[nH]5)C=C4)C=C3)cc1. The smallest absolute Gasteiger partial charge is 0.241 e. The molecule has 2 aliphatic rings. The van der Waals surface area contributed by atoms with E-state index < -0.39 is 6.04 Å². The normalized spacial score (nSPS) is 12.3. The highest BCUT2D eigenvalue weighted by molar-refractivity contribution is 6.00. The Morgan fingerprint density at radius 3 is 1.28 bits per heavy atom. The highest BCUT2D eigenvalue weighted by atomic mass is 16.2. The average molecular weight is 786 g/mol. The number of carbonyl (C=O) groups is 1. The lowest BCUT2D eigenvalue weighted by molar-refractivity contribution is -0.117. The van der Waals surface area contributed by atoms with Crippen molar-refractivity contribution in [1.82, 2.24) is 25.3 Å². The number of rotatable bonds is 10. The second kappa shape index (κ2) is 16.6. The number of aromatic nitrogens is 4. The second-order valence-corrected chi connectivity index (χ2v) is 14.8. The zero-order chi connectivity index (χ0) is 41.0. The summed E-state index contributed by atoms with van der Waals surface area (Å²) in [5.41, 5.74) is 27.1. The lowest BCUT2D eigenvalue weighted by atomic mass is 10.0. The molecule has 8 bridgehead atoms. The minimum atomic E-state index is -0.707. The van der Waals surface area contributed by atoms with Crippen molar-refractivity contribution < 1.29 is 4.79 Å². The first-order valence-electron chi connectivity index (χ1n) is 20.0. The van der Waals surface area contributed by atoms with Crippen molar-refractivity contribution in [3.63, 3.8) is 0 Å². The molecule has 0 spiro atoms. The van der Waals surface area contributed by atoms with Gasteiger partial charge < -0.3 is 32.1 Å². The molecule has 7 aromatic rings. The molecule has 0 aliphatic carbocycles. The number of benzene rings is 4. The first-order valence-corrected chi connectivity index (χ1v) is 20.0. The first-order chi connectivity index (χ1) is 29.4. The maximum Gasteiger partial charge on any atom is 0.241 e. The Morgan fingerprint density at radius 1 is 0.550 bits per heavy atom. The molecule has 9 N–H and O–H groups in total. The van der Waals surface area contributed by atoms with E-state index in [0.29, 0.717) is 25.1 Å². The number of nitrogens with zero attached hydrogens (tertiary/aromatic N) is 2. The van der Waals surface area contributed by atoms with Crippen LogP contribution in [0.4, 0.5) is 5.69 Å². The van der Waals surface area contributed by atoms with Crippen molar-refractivity contribution in [2.45, 2.75) is 18.9 Å². The first kappa shape index (κ1) is 37.7. The highest BCUT2D eigenvalue weighted by Gasteiger charge is 2.19. The lowest BCUT2D eigenvalue weighted by Gasteiger charge is -2.13. The largest absolute Gasteiger partial charge is 0.370 e. The number of guanidine groups is 1. The predicted molar refractivity (Wildman–Crippen MR) is 246 cm³/mol. The maximum atomic E-state index is 13.0. The Kier molecular flexibility index (Phi) is 10.4. The van der Waals surface area contributed by atoms with E-state index in [1.807, 2.05) is 66.7 Å². The van der Waals surface area contributed by atoms with Gasteiger partial charge in [-0.25, -0.2) is 9.97 Å². The molecule has 1 atom stereocenters. The van der Waals surface area contributed by atoms with Gasteiger partial charge in [0.2, 0.25) is 5.91 Å². The van der Waals surface area contributed by atoms with Crippen molar-refractivity contribution in [2.24, 2.45) is 11.5 Å². The monoisotopic (exact) mass is 785 g/mol. The van der Waals surface area contributed by atoms with Gasteiger partial charge in [-0.1, -0.05) is 103 Å². The van der Waals surface area contributed by atoms with E-state index >= 15 is 0 Å². The third-order valence-corrected chi connectivity index (χ3v) is 10.7. The fourth-order valence-electron chi connectivity index (χ4n) is 7.87. The van der Waals surface area contributed by atoms with Crippen LogP contribution in [0.25, 0.3) is 90.9 Å². The number of amides is 1. The Bertz CT molecular complexity index is 2910. The molecule has 0 unspecified atom stereocenters. The molecular weight excluding hydrogens is 743 g/mol. The van der Waals surface area contributed by atoms with Gasteiger partial charge in [0.05, 0.1) is 28.8 Å².